The van der Waals surface area contributed by atoms with Gasteiger partial charge in [0.05, 0.1) is 12.5 Å². The number of nitrogen functional groups attached to an aromatic ring is 1. The maximum absolute atomic E-state index is 8.69. The first-order chi connectivity index (χ1) is 8.17. The number of nitrogens with zero attached hydrogens (tertiary/aromatic N) is 1. The van der Waals surface area contributed by atoms with Crippen LogP contribution < -0.4 is 11.1 Å². The fourth-order valence-electron chi connectivity index (χ4n) is 1.49. The highest BCUT2D eigenvalue weighted by Gasteiger charge is 2.02. The van der Waals surface area contributed by atoms with Gasteiger partial charge < -0.3 is 11.1 Å². The molecule has 1 aromatic carbocycles. The van der Waals surface area contributed by atoms with Crippen molar-refractivity contribution in [3.05, 3.63) is 23.8 Å². The fraction of sp³-hybridized carbons (Fsp3) is 0.462. The molecule has 92 valence electrons. The highest BCUT2D eigenvalue weighted by molar-refractivity contribution is 7.99. The van der Waals surface area contributed by atoms with Crippen molar-refractivity contribution < 1.29 is 0 Å². The molecule has 1 unspecified atom stereocenters. The predicted molar refractivity (Wildman–Crippen MR) is 76.3 cm³/mol. The van der Waals surface area contributed by atoms with E-state index in [0.29, 0.717) is 17.4 Å². The molecular formula is C13H19N3S. The molecule has 0 heterocycles. The van der Waals surface area contributed by atoms with Gasteiger partial charge in [-0.2, -0.15) is 17.0 Å². The smallest absolute Gasteiger partial charge is 0.0670 e. The first-order valence-electron chi connectivity index (χ1n) is 5.69. The number of nitrogens with one attached hydrogen (secondary N) is 1. The van der Waals surface area contributed by atoms with E-state index in [-0.39, 0.29) is 0 Å². The van der Waals surface area contributed by atoms with Gasteiger partial charge in [-0.25, -0.2) is 0 Å². The van der Waals surface area contributed by atoms with Crippen molar-refractivity contribution in [1.82, 2.24) is 0 Å². The fourth-order valence-corrected chi connectivity index (χ4v) is 1.85. The lowest BCUT2D eigenvalue weighted by Crippen LogP contribution is -2.08. The third kappa shape index (κ3) is 4.58. The molecule has 1 aromatic rings. The summed E-state index contributed by atoms with van der Waals surface area (Å²) in [6.45, 7) is 3.16. The summed E-state index contributed by atoms with van der Waals surface area (Å²) < 4.78 is 0. The van der Waals surface area contributed by atoms with Gasteiger partial charge in [-0.3, -0.25) is 0 Å². The molecular weight excluding hydrogens is 230 g/mol. The Hall–Kier alpha value is -1.34. The van der Waals surface area contributed by atoms with E-state index in [9.17, 15) is 0 Å². The molecule has 0 bridgehead atoms. The van der Waals surface area contributed by atoms with Crippen molar-refractivity contribution in [3.8, 4) is 6.07 Å². The molecule has 0 saturated heterocycles. The number of anilines is 2. The highest BCUT2D eigenvalue weighted by atomic mass is 32.2. The van der Waals surface area contributed by atoms with Gasteiger partial charge in [-0.05, 0) is 36.4 Å². The van der Waals surface area contributed by atoms with Crippen molar-refractivity contribution in [2.24, 2.45) is 0 Å². The van der Waals surface area contributed by atoms with Gasteiger partial charge >= 0.3 is 0 Å². The average molecular weight is 249 g/mol. The number of hydrogen-bond acceptors (Lipinski definition) is 4. The van der Waals surface area contributed by atoms with Crippen LogP contribution in [0.2, 0.25) is 0 Å². The quantitative estimate of drug-likeness (QED) is 0.761. The molecule has 1 rings (SSSR count). The summed E-state index contributed by atoms with van der Waals surface area (Å²) >= 11 is 1.87. The topological polar surface area (TPSA) is 61.8 Å². The van der Waals surface area contributed by atoms with E-state index in [0.717, 1.165) is 24.2 Å². The van der Waals surface area contributed by atoms with E-state index in [4.69, 9.17) is 11.0 Å². The van der Waals surface area contributed by atoms with Gasteiger partial charge in [0.15, 0.2) is 0 Å². The summed E-state index contributed by atoms with van der Waals surface area (Å²) in [7, 11) is 0. The van der Waals surface area contributed by atoms with Gasteiger partial charge in [0.25, 0.3) is 0 Å². The molecule has 0 aliphatic carbocycles. The minimum Gasteiger partial charge on any atom is -0.398 e. The van der Waals surface area contributed by atoms with E-state index in [2.05, 4.69) is 24.6 Å². The van der Waals surface area contributed by atoms with E-state index in [1.807, 2.05) is 30.0 Å². The molecule has 0 aliphatic rings. The number of rotatable bonds is 6. The zero-order valence-corrected chi connectivity index (χ0v) is 11.2. The van der Waals surface area contributed by atoms with Crippen molar-refractivity contribution in [2.75, 3.05) is 23.9 Å². The first kappa shape index (κ1) is 13.7. The van der Waals surface area contributed by atoms with E-state index in [1.54, 1.807) is 0 Å². The first-order valence-corrected chi connectivity index (χ1v) is 6.98. The Morgan fingerprint density at radius 2 is 2.29 bits per heavy atom. The monoisotopic (exact) mass is 249 g/mol. The van der Waals surface area contributed by atoms with Gasteiger partial charge in [0.1, 0.15) is 0 Å². The lowest BCUT2D eigenvalue weighted by Gasteiger charge is -2.11. The summed E-state index contributed by atoms with van der Waals surface area (Å²) in [6.07, 6.45) is 3.61. The summed E-state index contributed by atoms with van der Waals surface area (Å²) in [5.74, 6) is 0. The molecule has 0 aliphatic heterocycles. The van der Waals surface area contributed by atoms with Crippen LogP contribution in [0.1, 0.15) is 18.9 Å². The van der Waals surface area contributed by atoms with E-state index >= 15 is 0 Å². The number of hydrogen-bond donors (Lipinski definition) is 2. The Kier molecular flexibility index (Phi) is 5.71. The second-order valence-electron chi connectivity index (χ2n) is 4.01. The van der Waals surface area contributed by atoms with Gasteiger partial charge in [0, 0.05) is 23.2 Å². The normalized spacial score (nSPS) is 11.8. The third-order valence-electron chi connectivity index (χ3n) is 2.69. The minimum atomic E-state index is 0.364. The van der Waals surface area contributed by atoms with Crippen LogP contribution in [0.3, 0.4) is 0 Å². The van der Waals surface area contributed by atoms with Crippen molar-refractivity contribution in [3.63, 3.8) is 0 Å². The lowest BCUT2D eigenvalue weighted by atomic mass is 10.1. The number of nitrogens with two attached hydrogens (primary N) is 1. The van der Waals surface area contributed by atoms with Crippen LogP contribution in [-0.4, -0.2) is 18.1 Å². The van der Waals surface area contributed by atoms with Crippen LogP contribution in [-0.2, 0) is 6.42 Å². The van der Waals surface area contributed by atoms with Gasteiger partial charge in [0.2, 0.25) is 0 Å². The molecule has 0 amide bonds. The molecule has 1 atom stereocenters. The molecule has 3 nitrogen and oxygen atoms in total. The zero-order valence-electron chi connectivity index (χ0n) is 10.4. The second kappa shape index (κ2) is 7.08. The van der Waals surface area contributed by atoms with Crippen molar-refractivity contribution in [1.29, 1.82) is 5.26 Å². The average Bonchev–Trinajstić information content (AvgIpc) is 2.33. The Morgan fingerprint density at radius 3 is 2.94 bits per heavy atom. The Bertz CT molecular complexity index is 398. The highest BCUT2D eigenvalue weighted by Crippen LogP contribution is 2.18. The molecule has 3 N–H and O–H groups in total. The summed E-state index contributed by atoms with van der Waals surface area (Å²) in [5.41, 5.74) is 8.42. The Labute approximate surface area is 107 Å². The SMILES string of the molecule is CSC(C)CCNc1ccc(N)c(CC#N)c1. The van der Waals surface area contributed by atoms with Crippen LogP contribution in [0, 0.1) is 11.3 Å². The van der Waals surface area contributed by atoms with Gasteiger partial charge in [-0.15, -0.1) is 0 Å². The molecule has 0 radical (unpaired) electrons. The van der Waals surface area contributed by atoms with Crippen LogP contribution in [0.5, 0.6) is 0 Å². The molecule has 4 heteroatoms. The van der Waals surface area contributed by atoms with Crippen LogP contribution >= 0.6 is 11.8 Å². The second-order valence-corrected chi connectivity index (χ2v) is 5.29. The summed E-state index contributed by atoms with van der Waals surface area (Å²) in [5, 5.41) is 12.7. The molecule has 0 saturated carbocycles. The third-order valence-corrected chi connectivity index (χ3v) is 3.74. The molecule has 0 aromatic heterocycles. The maximum atomic E-state index is 8.69. The number of nitriles is 1. The van der Waals surface area contributed by atoms with Crippen molar-refractivity contribution >= 4 is 23.1 Å². The van der Waals surface area contributed by atoms with E-state index < -0.39 is 0 Å². The molecule has 0 fully saturated rings. The molecule has 0 spiro atoms. The minimum absolute atomic E-state index is 0.364. The largest absolute Gasteiger partial charge is 0.398 e. The summed E-state index contributed by atoms with van der Waals surface area (Å²) in [6, 6.07) is 7.90. The van der Waals surface area contributed by atoms with Gasteiger partial charge in [-0.1, -0.05) is 6.92 Å². The van der Waals surface area contributed by atoms with E-state index in [1.165, 1.54) is 0 Å². The van der Waals surface area contributed by atoms with Crippen molar-refractivity contribution in [2.45, 2.75) is 25.0 Å². The Balaban J connectivity index is 2.54. The van der Waals surface area contributed by atoms with Crippen LogP contribution in [0.25, 0.3) is 0 Å². The standard InChI is InChI=1S/C13H19N3S/c1-10(17-2)6-8-16-12-3-4-13(15)11(9-12)5-7-14/h3-4,9-10,16H,5-6,8,15H2,1-2H3. The number of benzene rings is 1. The number of thioether (sulfide) groups is 1. The lowest BCUT2D eigenvalue weighted by molar-refractivity contribution is 0.853. The molecule has 17 heavy (non-hydrogen) atoms. The van der Waals surface area contributed by atoms with Crippen LogP contribution in [0.4, 0.5) is 11.4 Å². The van der Waals surface area contributed by atoms with Crippen LogP contribution in [0.15, 0.2) is 18.2 Å². The zero-order chi connectivity index (χ0) is 12.7. The Morgan fingerprint density at radius 1 is 1.53 bits per heavy atom. The predicted octanol–water partition coefficient (Wildman–Crippen LogP) is 2.89. The summed E-state index contributed by atoms with van der Waals surface area (Å²) in [4.78, 5) is 0. The maximum Gasteiger partial charge on any atom is 0.0670 e.